The van der Waals surface area contributed by atoms with Crippen molar-refractivity contribution in [2.75, 3.05) is 16.3 Å². The molecule has 1 aromatic carbocycles. The number of anilines is 2. The van der Waals surface area contributed by atoms with Gasteiger partial charge in [-0.2, -0.15) is 4.31 Å². The highest BCUT2D eigenvalue weighted by atomic mass is 32.2. The Morgan fingerprint density at radius 1 is 1.32 bits per heavy atom. The fourth-order valence-corrected chi connectivity index (χ4v) is 2.19. The van der Waals surface area contributed by atoms with Crippen LogP contribution in [0.2, 0.25) is 0 Å². The number of nitrogens with two attached hydrogens (primary N) is 1. The summed E-state index contributed by atoms with van der Waals surface area (Å²) < 4.78 is 29.2. The Morgan fingerprint density at radius 2 is 1.89 bits per heavy atom. The number of hydrogen-bond acceptors (Lipinski definition) is 5. The van der Waals surface area contributed by atoms with Crippen LogP contribution < -0.4 is 10.0 Å². The Balaban J connectivity index is 3.21. The molecule has 0 unspecified atom stereocenters. The largest absolute Gasteiger partial charge is 0.443 e. The molecule has 106 valence electrons. The van der Waals surface area contributed by atoms with Gasteiger partial charge in [0.15, 0.2) is 0 Å². The summed E-state index contributed by atoms with van der Waals surface area (Å²) in [6.07, 6.45) is -0.0271. The number of nitrogens with zero attached hydrogens (tertiary/aromatic N) is 1. The molecule has 2 N–H and O–H groups in total. The molecule has 1 amide bonds. The zero-order valence-electron chi connectivity index (χ0n) is 11.4. The molecule has 0 saturated carbocycles. The molecule has 7 heteroatoms. The van der Waals surface area contributed by atoms with E-state index < -0.39 is 21.7 Å². The molecule has 0 heterocycles. The van der Waals surface area contributed by atoms with Crippen molar-refractivity contribution in [3.63, 3.8) is 0 Å². The molecular weight excluding hydrogens is 268 g/mol. The summed E-state index contributed by atoms with van der Waals surface area (Å²) >= 11 is 0. The van der Waals surface area contributed by atoms with Crippen LogP contribution in [0.5, 0.6) is 0 Å². The Morgan fingerprint density at radius 3 is 2.32 bits per heavy atom. The minimum absolute atomic E-state index is 0.150. The van der Waals surface area contributed by atoms with E-state index in [1.54, 1.807) is 32.9 Å². The predicted molar refractivity (Wildman–Crippen MR) is 74.4 cm³/mol. The number of hydrogen-bond donors (Lipinski definition) is 1. The van der Waals surface area contributed by atoms with Crippen molar-refractivity contribution in [2.45, 2.75) is 26.4 Å². The van der Waals surface area contributed by atoms with E-state index in [1.807, 2.05) is 0 Å². The van der Waals surface area contributed by atoms with Gasteiger partial charge < -0.3 is 10.5 Å². The highest BCUT2D eigenvalue weighted by Gasteiger charge is 2.30. The predicted octanol–water partition coefficient (Wildman–Crippen LogP) is 1.97. The highest BCUT2D eigenvalue weighted by Crippen LogP contribution is 2.23. The lowest BCUT2D eigenvalue weighted by molar-refractivity contribution is 0.0609. The van der Waals surface area contributed by atoms with E-state index in [1.165, 1.54) is 12.1 Å². The van der Waals surface area contributed by atoms with Gasteiger partial charge in [-0.25, -0.2) is 13.2 Å². The van der Waals surface area contributed by atoms with E-state index in [0.717, 1.165) is 6.26 Å². The Labute approximate surface area is 113 Å². The minimum Gasteiger partial charge on any atom is -0.443 e. The molecule has 1 aromatic rings. The summed E-state index contributed by atoms with van der Waals surface area (Å²) in [5.41, 5.74) is 5.31. The average Bonchev–Trinajstić information content (AvgIpc) is 2.11. The standard InChI is InChI=1S/C12H18N2O4S/c1-12(2,3)18-11(15)14(19(4,16)17)10-7-5-6-9(13)8-10/h5-8H,13H2,1-4H3. The van der Waals surface area contributed by atoms with Crippen LogP contribution in [0.15, 0.2) is 24.3 Å². The maximum absolute atomic E-state index is 12.0. The number of carbonyl (C=O) groups is 1. The van der Waals surface area contributed by atoms with Gasteiger partial charge in [0.25, 0.3) is 0 Å². The summed E-state index contributed by atoms with van der Waals surface area (Å²) in [6, 6.07) is 6.03. The molecule has 0 fully saturated rings. The van der Waals surface area contributed by atoms with Crippen LogP contribution in [0.25, 0.3) is 0 Å². The zero-order valence-corrected chi connectivity index (χ0v) is 12.2. The van der Waals surface area contributed by atoms with Crippen molar-refractivity contribution in [1.29, 1.82) is 0 Å². The van der Waals surface area contributed by atoms with Gasteiger partial charge in [0.2, 0.25) is 10.0 Å². The number of nitrogen functional groups attached to an aromatic ring is 1. The molecule has 0 aromatic heterocycles. The van der Waals surface area contributed by atoms with Crippen LogP contribution in [-0.4, -0.2) is 26.4 Å². The molecule has 6 nitrogen and oxygen atoms in total. The SMILES string of the molecule is CC(C)(C)OC(=O)N(c1cccc(N)c1)S(C)(=O)=O. The zero-order chi connectivity index (χ0) is 14.8. The summed E-state index contributed by atoms with van der Waals surface area (Å²) in [6.45, 7) is 4.97. The lowest BCUT2D eigenvalue weighted by Gasteiger charge is -2.25. The number of carbonyl (C=O) groups excluding carboxylic acids is 1. The summed E-state index contributed by atoms with van der Waals surface area (Å²) in [5, 5.41) is 0. The molecular formula is C12H18N2O4S. The maximum atomic E-state index is 12.0. The first kappa shape index (κ1) is 15.3. The molecule has 19 heavy (non-hydrogen) atoms. The van der Waals surface area contributed by atoms with Gasteiger partial charge in [-0.1, -0.05) is 6.07 Å². The molecule has 1 rings (SSSR count). The van der Waals surface area contributed by atoms with Crippen LogP contribution in [0, 0.1) is 0 Å². The second kappa shape index (κ2) is 5.08. The van der Waals surface area contributed by atoms with Crippen LogP contribution in [0.4, 0.5) is 16.2 Å². The van der Waals surface area contributed by atoms with E-state index in [-0.39, 0.29) is 5.69 Å². The second-order valence-corrected chi connectivity index (χ2v) is 6.93. The van der Waals surface area contributed by atoms with E-state index in [4.69, 9.17) is 10.5 Å². The van der Waals surface area contributed by atoms with Crippen LogP contribution in [0.3, 0.4) is 0 Å². The first-order valence-electron chi connectivity index (χ1n) is 5.59. The minimum atomic E-state index is -3.80. The van der Waals surface area contributed by atoms with Crippen LogP contribution >= 0.6 is 0 Å². The van der Waals surface area contributed by atoms with Gasteiger partial charge in [-0.05, 0) is 39.0 Å². The molecule has 0 spiro atoms. The number of benzene rings is 1. The number of rotatable bonds is 2. The highest BCUT2D eigenvalue weighted by molar-refractivity contribution is 7.92. The van der Waals surface area contributed by atoms with Gasteiger partial charge in [-0.3, -0.25) is 0 Å². The van der Waals surface area contributed by atoms with Gasteiger partial charge in [-0.15, -0.1) is 0 Å². The Hall–Kier alpha value is -1.76. The molecule has 0 aliphatic carbocycles. The quantitative estimate of drug-likeness (QED) is 0.839. The lowest BCUT2D eigenvalue weighted by Crippen LogP contribution is -2.40. The van der Waals surface area contributed by atoms with Crippen molar-refractivity contribution in [3.05, 3.63) is 24.3 Å². The number of amides is 1. The van der Waals surface area contributed by atoms with E-state index >= 15 is 0 Å². The number of ether oxygens (including phenoxy) is 1. The third-order valence-electron chi connectivity index (χ3n) is 2.00. The fourth-order valence-electron chi connectivity index (χ4n) is 1.39. The molecule has 0 saturated heterocycles. The lowest BCUT2D eigenvalue weighted by atomic mass is 10.2. The Kier molecular flexibility index (Phi) is 4.09. The van der Waals surface area contributed by atoms with Crippen molar-refractivity contribution < 1.29 is 17.9 Å². The molecule has 0 radical (unpaired) electrons. The monoisotopic (exact) mass is 286 g/mol. The Bertz CT molecular complexity index is 576. The van der Waals surface area contributed by atoms with Crippen molar-refractivity contribution in [1.82, 2.24) is 0 Å². The van der Waals surface area contributed by atoms with Gasteiger partial charge in [0.05, 0.1) is 11.9 Å². The van der Waals surface area contributed by atoms with E-state index in [9.17, 15) is 13.2 Å². The molecule has 0 bridgehead atoms. The topological polar surface area (TPSA) is 89.7 Å². The van der Waals surface area contributed by atoms with Crippen molar-refractivity contribution >= 4 is 27.5 Å². The molecule has 0 aliphatic heterocycles. The van der Waals surface area contributed by atoms with Gasteiger partial charge >= 0.3 is 6.09 Å². The molecule has 0 atom stereocenters. The molecule has 0 aliphatic rings. The van der Waals surface area contributed by atoms with Crippen molar-refractivity contribution in [3.8, 4) is 0 Å². The summed E-state index contributed by atoms with van der Waals surface area (Å²) in [7, 11) is -3.80. The number of sulfonamides is 1. The second-order valence-electron chi connectivity index (χ2n) is 5.10. The maximum Gasteiger partial charge on any atom is 0.428 e. The average molecular weight is 286 g/mol. The summed E-state index contributed by atoms with van der Waals surface area (Å²) in [5.74, 6) is 0. The normalized spacial score (nSPS) is 12.0. The van der Waals surface area contributed by atoms with Gasteiger partial charge in [0.1, 0.15) is 5.60 Å². The van der Waals surface area contributed by atoms with Gasteiger partial charge in [0, 0.05) is 5.69 Å². The summed E-state index contributed by atoms with van der Waals surface area (Å²) in [4.78, 5) is 12.0. The van der Waals surface area contributed by atoms with E-state index in [0.29, 0.717) is 9.99 Å². The van der Waals surface area contributed by atoms with Crippen LogP contribution in [0.1, 0.15) is 20.8 Å². The first-order valence-corrected chi connectivity index (χ1v) is 7.44. The fraction of sp³-hybridized carbons (Fsp3) is 0.417. The first-order chi connectivity index (χ1) is 8.50. The third kappa shape index (κ3) is 4.44. The smallest absolute Gasteiger partial charge is 0.428 e. The third-order valence-corrected chi connectivity index (χ3v) is 3.02. The van der Waals surface area contributed by atoms with Crippen molar-refractivity contribution in [2.24, 2.45) is 0 Å². The van der Waals surface area contributed by atoms with E-state index in [2.05, 4.69) is 0 Å². The van der Waals surface area contributed by atoms with Crippen LogP contribution in [-0.2, 0) is 14.8 Å².